The maximum Gasteiger partial charge on any atom is 0.325 e. The molecule has 2 heterocycles. The van der Waals surface area contributed by atoms with E-state index in [0.29, 0.717) is 44.9 Å². The molecule has 1 aromatic heterocycles. The zero-order chi connectivity index (χ0) is 22.8. The standard InChI is InChI=1S/C23H22N4O4S/c1-5-12-32-23-24-21(29)20-16-8-6-7-9-18(16)26(14(2)28)22(27(20)25-23)17-13-15(30-3)10-11-19(17)31-4/h5-11,13,22H,1,12H2,2-4H3/p+1/t22-/m0/s1. The summed E-state index contributed by atoms with van der Waals surface area (Å²) in [6, 6.07) is 12.6. The van der Waals surface area contributed by atoms with Crippen molar-refractivity contribution in [3.63, 3.8) is 0 Å². The second-order valence-corrected chi connectivity index (χ2v) is 8.05. The number of thioether (sulfide) groups is 1. The smallest absolute Gasteiger partial charge is 0.325 e. The summed E-state index contributed by atoms with van der Waals surface area (Å²) in [5, 5.41) is 5.14. The van der Waals surface area contributed by atoms with Crippen LogP contribution in [0.2, 0.25) is 0 Å². The molecule has 1 aliphatic heterocycles. The first-order valence-electron chi connectivity index (χ1n) is 9.91. The number of para-hydroxylation sites is 1. The van der Waals surface area contributed by atoms with Gasteiger partial charge in [0, 0.05) is 17.8 Å². The molecule has 0 bridgehead atoms. The first-order valence-corrected chi connectivity index (χ1v) is 10.9. The lowest BCUT2D eigenvalue weighted by Gasteiger charge is -2.32. The summed E-state index contributed by atoms with van der Waals surface area (Å²) in [7, 11) is 3.13. The molecule has 0 fully saturated rings. The molecule has 164 valence electrons. The van der Waals surface area contributed by atoms with Gasteiger partial charge in [0.1, 0.15) is 11.5 Å². The van der Waals surface area contributed by atoms with Gasteiger partial charge in [-0.15, -0.1) is 6.58 Å². The Bertz CT molecular complexity index is 1260. The monoisotopic (exact) mass is 451 g/mol. The van der Waals surface area contributed by atoms with E-state index in [9.17, 15) is 9.59 Å². The van der Waals surface area contributed by atoms with Crippen LogP contribution in [0, 0.1) is 0 Å². The summed E-state index contributed by atoms with van der Waals surface area (Å²) in [6.45, 7) is 5.21. The lowest BCUT2D eigenvalue weighted by Crippen LogP contribution is -2.60. The highest BCUT2D eigenvalue weighted by atomic mass is 32.2. The summed E-state index contributed by atoms with van der Waals surface area (Å²) in [5.74, 6) is 1.51. The minimum absolute atomic E-state index is 0.201. The number of aromatic amines is 1. The molecule has 0 saturated carbocycles. The van der Waals surface area contributed by atoms with Gasteiger partial charge in [0.15, 0.2) is 0 Å². The number of H-pyrrole nitrogens is 1. The van der Waals surface area contributed by atoms with E-state index in [2.05, 4.69) is 11.6 Å². The van der Waals surface area contributed by atoms with E-state index >= 15 is 0 Å². The molecule has 2 aromatic carbocycles. The van der Waals surface area contributed by atoms with Crippen LogP contribution >= 0.6 is 11.8 Å². The van der Waals surface area contributed by atoms with Gasteiger partial charge in [-0.05, 0) is 35.0 Å². The number of hydrogen-bond donors (Lipinski definition) is 1. The lowest BCUT2D eigenvalue weighted by molar-refractivity contribution is -0.763. The van der Waals surface area contributed by atoms with Crippen molar-refractivity contribution >= 4 is 23.4 Å². The average Bonchev–Trinajstić information content (AvgIpc) is 2.80. The number of fused-ring (bicyclic) bond motifs is 3. The Hall–Kier alpha value is -3.59. The molecule has 1 N–H and O–H groups in total. The number of ether oxygens (including phenoxy) is 2. The second kappa shape index (κ2) is 8.88. The SMILES string of the molecule is C=CCSc1n[n+]2c(c(=O)[nH]1)-c1ccccc1N(C(C)=O)[C@@H]2c1cc(OC)ccc1OC. The van der Waals surface area contributed by atoms with Crippen LogP contribution in [-0.4, -0.2) is 36.0 Å². The molecule has 8 nitrogen and oxygen atoms in total. The Morgan fingerprint density at radius 3 is 2.75 bits per heavy atom. The number of carbonyl (C=O) groups is 1. The molecule has 4 rings (SSSR count). The van der Waals surface area contributed by atoms with E-state index < -0.39 is 6.17 Å². The van der Waals surface area contributed by atoms with Gasteiger partial charge in [-0.3, -0.25) is 14.6 Å². The van der Waals surface area contributed by atoms with E-state index in [1.54, 1.807) is 48.1 Å². The van der Waals surface area contributed by atoms with Gasteiger partial charge < -0.3 is 9.47 Å². The third-order valence-corrected chi connectivity index (χ3v) is 6.01. The molecule has 32 heavy (non-hydrogen) atoms. The van der Waals surface area contributed by atoms with Crippen molar-refractivity contribution in [3.05, 3.63) is 71.0 Å². The Morgan fingerprint density at radius 2 is 2.06 bits per heavy atom. The predicted octanol–water partition coefficient (Wildman–Crippen LogP) is 2.93. The van der Waals surface area contributed by atoms with Crippen molar-refractivity contribution in [1.82, 2.24) is 10.1 Å². The van der Waals surface area contributed by atoms with Crippen LogP contribution in [0.15, 0.2) is 65.1 Å². The maximum absolute atomic E-state index is 13.2. The Morgan fingerprint density at radius 1 is 1.28 bits per heavy atom. The number of amides is 1. The van der Waals surface area contributed by atoms with Crippen LogP contribution in [0.25, 0.3) is 11.3 Å². The van der Waals surface area contributed by atoms with E-state index in [4.69, 9.17) is 14.6 Å². The number of methoxy groups -OCH3 is 2. The van der Waals surface area contributed by atoms with Crippen molar-refractivity contribution < 1.29 is 19.0 Å². The van der Waals surface area contributed by atoms with Crippen LogP contribution in [0.4, 0.5) is 5.69 Å². The number of anilines is 1. The van der Waals surface area contributed by atoms with Crippen molar-refractivity contribution in [2.24, 2.45) is 0 Å². The zero-order valence-corrected chi connectivity index (χ0v) is 18.8. The normalized spacial score (nSPS) is 14.3. The van der Waals surface area contributed by atoms with Gasteiger partial charge in [0.25, 0.3) is 6.17 Å². The topological polar surface area (TPSA) is 88.4 Å². The van der Waals surface area contributed by atoms with Crippen LogP contribution in [0.3, 0.4) is 0 Å². The molecule has 1 aliphatic rings. The maximum atomic E-state index is 13.2. The van der Waals surface area contributed by atoms with Crippen LogP contribution in [0.1, 0.15) is 18.7 Å². The lowest BCUT2D eigenvalue weighted by atomic mass is 10.0. The molecular weight excluding hydrogens is 428 g/mol. The molecule has 0 unspecified atom stereocenters. The first-order chi connectivity index (χ1) is 15.5. The number of rotatable bonds is 6. The van der Waals surface area contributed by atoms with E-state index in [1.807, 2.05) is 24.3 Å². The van der Waals surface area contributed by atoms with Crippen LogP contribution in [0.5, 0.6) is 11.5 Å². The van der Waals surface area contributed by atoms with Crippen molar-refractivity contribution in [2.45, 2.75) is 18.2 Å². The van der Waals surface area contributed by atoms with Crippen LogP contribution in [-0.2, 0) is 4.79 Å². The average molecular weight is 452 g/mol. The largest absolute Gasteiger partial charge is 0.497 e. The summed E-state index contributed by atoms with van der Waals surface area (Å²) in [4.78, 5) is 30.7. The Labute approximate surface area is 189 Å². The minimum Gasteiger partial charge on any atom is -0.497 e. The summed E-state index contributed by atoms with van der Waals surface area (Å²) < 4.78 is 12.6. The molecular formula is C23H23N4O4S+. The van der Waals surface area contributed by atoms with Crippen molar-refractivity contribution in [1.29, 1.82) is 0 Å². The molecule has 0 spiro atoms. The van der Waals surface area contributed by atoms with Crippen molar-refractivity contribution in [2.75, 3.05) is 24.9 Å². The fraction of sp³-hybridized carbons (Fsp3) is 0.217. The van der Waals surface area contributed by atoms with Crippen LogP contribution < -0.4 is 24.6 Å². The molecule has 1 atom stereocenters. The van der Waals surface area contributed by atoms with Crippen molar-refractivity contribution in [3.8, 4) is 22.8 Å². The van der Waals surface area contributed by atoms with Gasteiger partial charge in [0.2, 0.25) is 11.1 Å². The minimum atomic E-state index is -0.757. The zero-order valence-electron chi connectivity index (χ0n) is 18.0. The molecule has 0 radical (unpaired) electrons. The second-order valence-electron chi connectivity index (χ2n) is 7.04. The quantitative estimate of drug-likeness (QED) is 0.352. The van der Waals surface area contributed by atoms with Gasteiger partial charge >= 0.3 is 11.3 Å². The highest BCUT2D eigenvalue weighted by Crippen LogP contribution is 2.40. The summed E-state index contributed by atoms with van der Waals surface area (Å²) >= 11 is 1.35. The van der Waals surface area contributed by atoms with E-state index in [1.165, 1.54) is 18.7 Å². The van der Waals surface area contributed by atoms with Gasteiger partial charge in [-0.1, -0.05) is 30.0 Å². The highest BCUT2D eigenvalue weighted by molar-refractivity contribution is 7.99. The number of nitrogens with one attached hydrogen (secondary N) is 1. The highest BCUT2D eigenvalue weighted by Gasteiger charge is 2.46. The number of benzene rings is 2. The Balaban J connectivity index is 2.08. The Kier molecular flexibility index (Phi) is 6.00. The van der Waals surface area contributed by atoms with E-state index in [0.717, 1.165) is 0 Å². The summed E-state index contributed by atoms with van der Waals surface area (Å²) in [6.07, 6.45) is 0.974. The molecule has 1 amide bonds. The number of carbonyl (C=O) groups excluding carboxylic acids is 1. The molecule has 3 aromatic rings. The number of hydrogen-bond acceptors (Lipinski definition) is 6. The van der Waals surface area contributed by atoms with Gasteiger partial charge in [-0.25, -0.2) is 4.90 Å². The fourth-order valence-corrected chi connectivity index (χ4v) is 4.42. The molecule has 9 heteroatoms. The number of aromatic nitrogens is 3. The first kappa shape index (κ1) is 21.6. The fourth-order valence-electron chi connectivity index (χ4n) is 3.84. The van der Waals surface area contributed by atoms with Gasteiger partial charge in [0.05, 0.1) is 31.0 Å². The van der Waals surface area contributed by atoms with Gasteiger partial charge in [-0.2, -0.15) is 0 Å². The predicted molar refractivity (Wildman–Crippen MR) is 122 cm³/mol. The third-order valence-electron chi connectivity index (χ3n) is 5.15. The molecule has 0 saturated heterocycles. The number of nitrogens with zero attached hydrogens (tertiary/aromatic N) is 3. The molecule has 0 aliphatic carbocycles. The summed E-state index contributed by atoms with van der Waals surface area (Å²) in [5.41, 5.74) is 1.94. The van der Waals surface area contributed by atoms with E-state index in [-0.39, 0.29) is 11.5 Å². The third kappa shape index (κ3) is 3.64.